The van der Waals surface area contributed by atoms with E-state index in [9.17, 15) is 18.0 Å². The van der Waals surface area contributed by atoms with E-state index in [0.717, 1.165) is 42.4 Å². The summed E-state index contributed by atoms with van der Waals surface area (Å²) in [6.45, 7) is 12.1. The summed E-state index contributed by atoms with van der Waals surface area (Å²) < 4.78 is 36.2. The van der Waals surface area contributed by atoms with Crippen molar-refractivity contribution in [3.05, 3.63) is 53.1 Å². The molecule has 0 saturated heterocycles. The van der Waals surface area contributed by atoms with Crippen LogP contribution in [0.1, 0.15) is 96.3 Å². The highest BCUT2D eigenvalue weighted by Gasteiger charge is 2.25. The van der Waals surface area contributed by atoms with Gasteiger partial charge in [-0.05, 0) is 58.6 Å². The zero-order chi connectivity index (χ0) is 30.1. The summed E-state index contributed by atoms with van der Waals surface area (Å²) in [7, 11) is -0.559. The number of ether oxygens (including phenoxy) is 2. The third-order valence-corrected chi connectivity index (χ3v) is 8.96. The van der Waals surface area contributed by atoms with Crippen LogP contribution in [-0.2, 0) is 36.0 Å². The third kappa shape index (κ3) is 9.65. The minimum atomic E-state index is -3.45. The molecule has 0 aliphatic carbocycles. The second-order valence-electron chi connectivity index (χ2n) is 11.9. The largest absolute Gasteiger partial charge is 0.496 e. The SMILES string of the molecule is CCCCCC(CC(=O)Nc1cc(CC(=O)OC)ccc1C(C)(C)C)c1ccc(S(=O)(=O)CC(C)C)cc1OC. The molecule has 0 radical (unpaired) electrons. The number of hydrogen-bond acceptors (Lipinski definition) is 6. The number of nitrogens with one attached hydrogen (secondary N) is 1. The van der Waals surface area contributed by atoms with Gasteiger partial charge in [-0.2, -0.15) is 0 Å². The molecule has 8 heteroatoms. The highest BCUT2D eigenvalue weighted by atomic mass is 32.2. The van der Waals surface area contributed by atoms with E-state index in [0.29, 0.717) is 11.4 Å². The molecule has 1 N–H and O–H groups in total. The fourth-order valence-electron chi connectivity index (χ4n) is 4.89. The first-order valence-electron chi connectivity index (χ1n) is 14.1. The van der Waals surface area contributed by atoms with E-state index in [4.69, 9.17) is 9.47 Å². The van der Waals surface area contributed by atoms with Crippen molar-refractivity contribution in [2.24, 2.45) is 5.92 Å². The predicted molar refractivity (Wildman–Crippen MR) is 161 cm³/mol. The van der Waals surface area contributed by atoms with Crippen molar-refractivity contribution in [3.8, 4) is 5.75 Å². The molecule has 0 fully saturated rings. The summed E-state index contributed by atoms with van der Waals surface area (Å²) in [5, 5.41) is 3.11. The number of carbonyl (C=O) groups is 2. The minimum absolute atomic E-state index is 0.00488. The van der Waals surface area contributed by atoms with Crippen LogP contribution in [0.15, 0.2) is 41.3 Å². The van der Waals surface area contributed by atoms with Gasteiger partial charge in [0.05, 0.1) is 31.3 Å². The second kappa shape index (κ2) is 14.7. The average Bonchev–Trinajstić information content (AvgIpc) is 2.86. The van der Waals surface area contributed by atoms with Crippen molar-refractivity contribution < 1.29 is 27.5 Å². The van der Waals surface area contributed by atoms with Gasteiger partial charge in [0.1, 0.15) is 5.75 Å². The Kier molecular flexibility index (Phi) is 12.2. The molecular weight excluding hydrogens is 526 g/mol. The maximum Gasteiger partial charge on any atom is 0.309 e. The number of carbonyl (C=O) groups excluding carboxylic acids is 2. The smallest absolute Gasteiger partial charge is 0.309 e. The first-order chi connectivity index (χ1) is 18.7. The molecule has 7 nitrogen and oxygen atoms in total. The van der Waals surface area contributed by atoms with Gasteiger partial charge in [-0.1, -0.05) is 79.0 Å². The molecule has 222 valence electrons. The van der Waals surface area contributed by atoms with Crippen molar-refractivity contribution >= 4 is 27.4 Å². The van der Waals surface area contributed by atoms with Gasteiger partial charge in [0.2, 0.25) is 5.91 Å². The Balaban J connectivity index is 2.41. The van der Waals surface area contributed by atoms with E-state index in [1.807, 2.05) is 32.0 Å². The molecule has 40 heavy (non-hydrogen) atoms. The van der Waals surface area contributed by atoms with E-state index in [1.165, 1.54) is 14.2 Å². The van der Waals surface area contributed by atoms with Gasteiger partial charge in [-0.25, -0.2) is 8.42 Å². The van der Waals surface area contributed by atoms with Crippen LogP contribution >= 0.6 is 0 Å². The lowest BCUT2D eigenvalue weighted by atomic mass is 9.84. The number of esters is 1. The van der Waals surface area contributed by atoms with Crippen molar-refractivity contribution in [3.63, 3.8) is 0 Å². The highest BCUT2D eigenvalue weighted by Crippen LogP contribution is 2.36. The minimum Gasteiger partial charge on any atom is -0.496 e. The zero-order valence-corrected chi connectivity index (χ0v) is 26.2. The number of benzene rings is 2. The van der Waals surface area contributed by atoms with Crippen LogP contribution in [-0.4, -0.2) is 40.3 Å². The normalized spacial score (nSPS) is 12.7. The molecular formula is C32H47NO6S. The number of anilines is 1. The molecule has 0 aliphatic rings. The fraction of sp³-hybridized carbons (Fsp3) is 0.562. The molecule has 1 atom stereocenters. The first-order valence-corrected chi connectivity index (χ1v) is 15.8. The number of methoxy groups -OCH3 is 2. The van der Waals surface area contributed by atoms with Gasteiger partial charge in [-0.15, -0.1) is 0 Å². The highest BCUT2D eigenvalue weighted by molar-refractivity contribution is 7.91. The molecule has 0 aliphatic heterocycles. The Hall–Kier alpha value is -2.87. The van der Waals surface area contributed by atoms with E-state index in [-0.39, 0.29) is 52.6 Å². The molecule has 2 aromatic rings. The molecule has 2 aromatic carbocycles. The maximum absolute atomic E-state index is 13.5. The average molecular weight is 574 g/mol. The summed E-state index contributed by atoms with van der Waals surface area (Å²) in [6.07, 6.45) is 4.11. The van der Waals surface area contributed by atoms with Gasteiger partial charge in [-0.3, -0.25) is 9.59 Å². The summed E-state index contributed by atoms with van der Waals surface area (Å²) >= 11 is 0. The third-order valence-electron chi connectivity index (χ3n) is 6.89. The predicted octanol–water partition coefficient (Wildman–Crippen LogP) is 6.83. The van der Waals surface area contributed by atoms with Crippen molar-refractivity contribution in [2.75, 3.05) is 25.3 Å². The first kappa shape index (κ1) is 33.3. The number of amides is 1. The lowest BCUT2D eigenvalue weighted by Gasteiger charge is -2.25. The Morgan fingerprint density at radius 2 is 1.70 bits per heavy atom. The van der Waals surface area contributed by atoms with Gasteiger partial charge in [0.25, 0.3) is 0 Å². The van der Waals surface area contributed by atoms with Crippen molar-refractivity contribution in [1.29, 1.82) is 0 Å². The fourth-order valence-corrected chi connectivity index (χ4v) is 6.52. The van der Waals surface area contributed by atoms with Gasteiger partial charge >= 0.3 is 5.97 Å². The molecule has 1 unspecified atom stereocenters. The zero-order valence-electron chi connectivity index (χ0n) is 25.4. The van der Waals surface area contributed by atoms with Crippen LogP contribution in [0.25, 0.3) is 0 Å². The molecule has 0 aromatic heterocycles. The van der Waals surface area contributed by atoms with E-state index >= 15 is 0 Å². The monoisotopic (exact) mass is 573 g/mol. The standard InChI is InChI=1S/C32H47NO6S/c1-9-10-11-12-24(26-15-14-25(20-29(26)38-7)40(36,37)21-22(2)3)19-30(34)33-28-17-23(18-31(35)39-8)13-16-27(28)32(4,5)6/h13-17,20,22,24H,9-12,18-19,21H2,1-8H3,(H,33,34). The van der Waals surface area contributed by atoms with E-state index in [2.05, 4.69) is 33.0 Å². The Morgan fingerprint density at radius 1 is 1.00 bits per heavy atom. The van der Waals surface area contributed by atoms with Crippen LogP contribution in [0.5, 0.6) is 5.75 Å². The van der Waals surface area contributed by atoms with Crippen LogP contribution in [0.3, 0.4) is 0 Å². The second-order valence-corrected chi connectivity index (χ2v) is 13.9. The lowest BCUT2D eigenvalue weighted by molar-refractivity contribution is -0.139. The van der Waals surface area contributed by atoms with Gasteiger partial charge in [0.15, 0.2) is 9.84 Å². The molecule has 1 amide bonds. The van der Waals surface area contributed by atoms with Crippen molar-refractivity contribution in [2.45, 2.75) is 96.3 Å². The summed E-state index contributed by atoms with van der Waals surface area (Å²) in [5.74, 6) is -0.105. The molecule has 0 saturated carbocycles. The van der Waals surface area contributed by atoms with Crippen LogP contribution in [0.4, 0.5) is 5.69 Å². The molecule has 0 heterocycles. The van der Waals surface area contributed by atoms with E-state index in [1.54, 1.807) is 18.2 Å². The Labute approximate surface area is 241 Å². The quantitative estimate of drug-likeness (QED) is 0.196. The molecule has 0 bridgehead atoms. The summed E-state index contributed by atoms with van der Waals surface area (Å²) in [4.78, 5) is 25.6. The molecule has 0 spiro atoms. The summed E-state index contributed by atoms with van der Waals surface area (Å²) in [6, 6.07) is 10.7. The van der Waals surface area contributed by atoms with Crippen LogP contribution in [0.2, 0.25) is 0 Å². The molecule has 2 rings (SSSR count). The van der Waals surface area contributed by atoms with E-state index < -0.39 is 9.84 Å². The topological polar surface area (TPSA) is 98.8 Å². The lowest BCUT2D eigenvalue weighted by Crippen LogP contribution is -2.21. The van der Waals surface area contributed by atoms with Crippen LogP contribution in [0, 0.1) is 5.92 Å². The number of hydrogen-bond donors (Lipinski definition) is 1. The van der Waals surface area contributed by atoms with Gasteiger partial charge < -0.3 is 14.8 Å². The number of rotatable bonds is 14. The number of unbranched alkanes of at least 4 members (excludes halogenated alkanes) is 2. The maximum atomic E-state index is 13.5. The van der Waals surface area contributed by atoms with Crippen molar-refractivity contribution in [1.82, 2.24) is 0 Å². The Morgan fingerprint density at radius 3 is 2.27 bits per heavy atom. The van der Waals surface area contributed by atoms with Gasteiger partial charge in [0, 0.05) is 12.1 Å². The van der Waals surface area contributed by atoms with Crippen LogP contribution < -0.4 is 10.1 Å². The summed E-state index contributed by atoms with van der Waals surface area (Å²) in [5.41, 5.74) is 3.00. The number of sulfone groups is 1. The Bertz CT molecular complexity index is 1260.